The summed E-state index contributed by atoms with van der Waals surface area (Å²) in [6, 6.07) is 16.8. The van der Waals surface area contributed by atoms with Gasteiger partial charge in [0, 0.05) is 36.5 Å². The molecule has 2 aromatic carbocycles. The topological polar surface area (TPSA) is 76.5 Å². The number of amides is 2. The van der Waals surface area contributed by atoms with Gasteiger partial charge in [0.15, 0.2) is 0 Å². The third-order valence-electron chi connectivity index (χ3n) is 5.34. The Bertz CT molecular complexity index is 1070. The lowest BCUT2D eigenvalue weighted by molar-refractivity contribution is 0.0303. The minimum absolute atomic E-state index is 0.0154. The zero-order chi connectivity index (χ0) is 21.8. The van der Waals surface area contributed by atoms with Gasteiger partial charge in [0.05, 0.1) is 24.6 Å². The Labute approximate surface area is 181 Å². The number of carbonyl (C=O) groups excluding carboxylic acids is 2. The van der Waals surface area contributed by atoms with Crippen molar-refractivity contribution >= 4 is 11.8 Å². The largest absolute Gasteiger partial charge is 0.378 e. The van der Waals surface area contributed by atoms with Crippen molar-refractivity contribution in [3.8, 4) is 5.69 Å². The minimum atomic E-state index is -0.145. The van der Waals surface area contributed by atoms with Crippen LogP contribution in [0.2, 0.25) is 0 Å². The first-order valence-corrected chi connectivity index (χ1v) is 10.4. The Morgan fingerprint density at radius 2 is 1.61 bits per heavy atom. The van der Waals surface area contributed by atoms with Crippen LogP contribution in [0.3, 0.4) is 0 Å². The van der Waals surface area contributed by atoms with Crippen molar-refractivity contribution in [2.75, 3.05) is 26.3 Å². The van der Waals surface area contributed by atoms with Crippen LogP contribution >= 0.6 is 0 Å². The number of benzene rings is 2. The zero-order valence-electron chi connectivity index (χ0n) is 17.8. The highest BCUT2D eigenvalue weighted by Crippen LogP contribution is 2.14. The normalized spacial score (nSPS) is 13.8. The Morgan fingerprint density at radius 3 is 2.23 bits per heavy atom. The van der Waals surface area contributed by atoms with Gasteiger partial charge in [-0.2, -0.15) is 5.10 Å². The summed E-state index contributed by atoms with van der Waals surface area (Å²) < 4.78 is 7.15. The maximum Gasteiger partial charge on any atom is 0.254 e. The second-order valence-corrected chi connectivity index (χ2v) is 7.67. The van der Waals surface area contributed by atoms with E-state index in [0.717, 1.165) is 22.6 Å². The number of hydrogen-bond acceptors (Lipinski definition) is 4. The first kappa shape index (κ1) is 20.8. The maximum atomic E-state index is 12.5. The van der Waals surface area contributed by atoms with Gasteiger partial charge in [-0.3, -0.25) is 9.59 Å². The molecule has 4 rings (SSSR count). The van der Waals surface area contributed by atoms with Crippen molar-refractivity contribution in [2.24, 2.45) is 0 Å². The van der Waals surface area contributed by atoms with Gasteiger partial charge in [0.25, 0.3) is 11.8 Å². The summed E-state index contributed by atoms with van der Waals surface area (Å²) in [5.41, 5.74) is 5.09. The van der Waals surface area contributed by atoms with Gasteiger partial charge in [0.1, 0.15) is 0 Å². The van der Waals surface area contributed by atoms with Gasteiger partial charge in [-0.05, 0) is 61.9 Å². The molecule has 1 fully saturated rings. The second kappa shape index (κ2) is 9.14. The number of hydrogen-bond donors (Lipinski definition) is 1. The number of ether oxygens (including phenoxy) is 1. The van der Waals surface area contributed by atoms with E-state index in [-0.39, 0.29) is 11.8 Å². The molecule has 2 amide bonds. The monoisotopic (exact) mass is 418 g/mol. The molecule has 1 aliphatic rings. The lowest BCUT2D eigenvalue weighted by Crippen LogP contribution is -2.40. The Hall–Kier alpha value is -3.45. The molecule has 1 aliphatic heterocycles. The van der Waals surface area contributed by atoms with Crippen molar-refractivity contribution in [1.29, 1.82) is 0 Å². The van der Waals surface area contributed by atoms with Crippen molar-refractivity contribution in [3.05, 3.63) is 82.7 Å². The summed E-state index contributed by atoms with van der Waals surface area (Å²) in [5, 5.41) is 7.39. The van der Waals surface area contributed by atoms with Crippen molar-refractivity contribution in [3.63, 3.8) is 0 Å². The van der Waals surface area contributed by atoms with E-state index in [1.54, 1.807) is 17.0 Å². The van der Waals surface area contributed by atoms with Crippen LogP contribution in [0, 0.1) is 13.8 Å². The fraction of sp³-hybridized carbons (Fsp3) is 0.292. The van der Waals surface area contributed by atoms with Gasteiger partial charge >= 0.3 is 0 Å². The molecule has 0 unspecified atom stereocenters. The average Bonchev–Trinajstić information content (AvgIpc) is 3.15. The molecule has 7 nitrogen and oxygen atoms in total. The third kappa shape index (κ3) is 4.83. The minimum Gasteiger partial charge on any atom is -0.378 e. The number of nitrogens with one attached hydrogen (secondary N) is 1. The van der Waals surface area contributed by atoms with Gasteiger partial charge in [-0.25, -0.2) is 4.68 Å². The fourth-order valence-corrected chi connectivity index (χ4v) is 3.64. The SMILES string of the molecule is Cc1cc(C)n(-c2ccc(C(=O)NCc3ccc(C(=O)N4CCOCC4)cc3)cc2)n1. The molecular weight excluding hydrogens is 392 g/mol. The zero-order valence-corrected chi connectivity index (χ0v) is 17.8. The molecule has 0 saturated carbocycles. The van der Waals surface area contributed by atoms with E-state index in [1.165, 1.54) is 0 Å². The van der Waals surface area contributed by atoms with Crippen molar-refractivity contribution in [2.45, 2.75) is 20.4 Å². The smallest absolute Gasteiger partial charge is 0.254 e. The predicted molar refractivity (Wildman–Crippen MR) is 117 cm³/mol. The van der Waals surface area contributed by atoms with Gasteiger partial charge in [-0.15, -0.1) is 0 Å². The summed E-state index contributed by atoms with van der Waals surface area (Å²) in [7, 11) is 0. The number of aromatic nitrogens is 2. The van der Waals surface area contributed by atoms with Crippen LogP contribution in [0.4, 0.5) is 0 Å². The molecule has 2 heterocycles. The highest BCUT2D eigenvalue weighted by molar-refractivity contribution is 5.95. The molecule has 3 aromatic rings. The lowest BCUT2D eigenvalue weighted by Gasteiger charge is -2.26. The summed E-state index contributed by atoms with van der Waals surface area (Å²) in [6.07, 6.45) is 0. The van der Waals surface area contributed by atoms with Crippen LogP contribution in [0.15, 0.2) is 54.6 Å². The highest BCUT2D eigenvalue weighted by Gasteiger charge is 2.18. The number of carbonyl (C=O) groups is 2. The Morgan fingerprint density at radius 1 is 0.968 bits per heavy atom. The van der Waals surface area contributed by atoms with Crippen LogP contribution in [0.5, 0.6) is 0 Å². The van der Waals surface area contributed by atoms with Crippen molar-refractivity contribution < 1.29 is 14.3 Å². The summed E-state index contributed by atoms with van der Waals surface area (Å²) >= 11 is 0. The van der Waals surface area contributed by atoms with E-state index in [2.05, 4.69) is 10.4 Å². The molecule has 0 bridgehead atoms. The number of aryl methyl sites for hydroxylation is 2. The fourth-order valence-electron chi connectivity index (χ4n) is 3.64. The maximum absolute atomic E-state index is 12.5. The van der Waals surface area contributed by atoms with E-state index in [4.69, 9.17) is 4.74 Å². The quantitative estimate of drug-likeness (QED) is 0.691. The second-order valence-electron chi connectivity index (χ2n) is 7.67. The summed E-state index contributed by atoms with van der Waals surface area (Å²) in [6.45, 7) is 6.75. The lowest BCUT2D eigenvalue weighted by atomic mass is 10.1. The van der Waals surface area contributed by atoms with Gasteiger partial charge < -0.3 is 15.0 Å². The molecule has 160 valence electrons. The van der Waals surface area contributed by atoms with E-state index in [1.807, 2.05) is 61.0 Å². The van der Waals surface area contributed by atoms with Gasteiger partial charge in [-0.1, -0.05) is 12.1 Å². The van der Waals surface area contributed by atoms with Crippen LogP contribution in [-0.2, 0) is 11.3 Å². The molecule has 0 spiro atoms. The van der Waals surface area contributed by atoms with Crippen LogP contribution in [0.1, 0.15) is 37.7 Å². The highest BCUT2D eigenvalue weighted by atomic mass is 16.5. The Kier molecular flexibility index (Phi) is 6.13. The molecule has 31 heavy (non-hydrogen) atoms. The first-order chi connectivity index (χ1) is 15.0. The Balaban J connectivity index is 1.34. The average molecular weight is 418 g/mol. The number of nitrogens with zero attached hydrogens (tertiary/aromatic N) is 3. The third-order valence-corrected chi connectivity index (χ3v) is 5.34. The first-order valence-electron chi connectivity index (χ1n) is 10.4. The molecule has 1 N–H and O–H groups in total. The number of morpholine rings is 1. The van der Waals surface area contributed by atoms with Crippen LogP contribution < -0.4 is 5.32 Å². The number of rotatable bonds is 5. The van der Waals surface area contributed by atoms with Crippen LogP contribution in [0.25, 0.3) is 5.69 Å². The summed E-state index contributed by atoms with van der Waals surface area (Å²) in [5.74, 6) is -0.130. The molecule has 1 aromatic heterocycles. The molecular formula is C24H26N4O3. The van der Waals surface area contributed by atoms with E-state index in [0.29, 0.717) is 44.0 Å². The molecule has 0 aliphatic carbocycles. The summed E-state index contributed by atoms with van der Waals surface area (Å²) in [4.78, 5) is 26.8. The van der Waals surface area contributed by atoms with Crippen LogP contribution in [-0.4, -0.2) is 52.8 Å². The molecule has 0 atom stereocenters. The van der Waals surface area contributed by atoms with Crippen molar-refractivity contribution in [1.82, 2.24) is 20.0 Å². The van der Waals surface area contributed by atoms with E-state index >= 15 is 0 Å². The van der Waals surface area contributed by atoms with Gasteiger partial charge in [0.2, 0.25) is 0 Å². The molecule has 1 saturated heterocycles. The van der Waals surface area contributed by atoms with E-state index < -0.39 is 0 Å². The van der Waals surface area contributed by atoms with E-state index in [9.17, 15) is 9.59 Å². The molecule has 0 radical (unpaired) electrons. The standard InChI is InChI=1S/C24H26N4O3/c1-17-15-18(2)28(26-17)22-9-7-20(8-10-22)23(29)25-16-19-3-5-21(6-4-19)24(30)27-11-13-31-14-12-27/h3-10,15H,11-14,16H2,1-2H3,(H,25,29). The predicted octanol–water partition coefficient (Wildman–Crippen LogP) is 2.89. The molecule has 7 heteroatoms.